The summed E-state index contributed by atoms with van der Waals surface area (Å²) in [6.07, 6.45) is 0.755. The van der Waals surface area contributed by atoms with Crippen molar-refractivity contribution in [1.82, 2.24) is 4.90 Å². The van der Waals surface area contributed by atoms with Gasteiger partial charge in [-0.05, 0) is 30.7 Å². The Balaban J connectivity index is 1.30. The van der Waals surface area contributed by atoms with Gasteiger partial charge < -0.3 is 29.3 Å². The molecule has 1 amide bonds. The van der Waals surface area contributed by atoms with Crippen LogP contribution >= 0.6 is 0 Å². The van der Waals surface area contributed by atoms with Crippen molar-refractivity contribution in [1.29, 1.82) is 0 Å². The van der Waals surface area contributed by atoms with E-state index in [1.807, 2.05) is 47.4 Å². The fraction of sp³-hybridized carbons (Fsp3) is 0.458. The Labute approximate surface area is 183 Å². The third-order valence-electron chi connectivity index (χ3n) is 5.93. The summed E-state index contributed by atoms with van der Waals surface area (Å²) in [6, 6.07) is 15.1. The Bertz CT molecular complexity index is 883. The van der Waals surface area contributed by atoms with Gasteiger partial charge in [-0.2, -0.15) is 0 Å². The first-order valence-electron chi connectivity index (χ1n) is 11.2. The van der Waals surface area contributed by atoms with Crippen LogP contribution in [0.4, 0.5) is 5.69 Å². The first-order chi connectivity index (χ1) is 15.1. The first-order valence-corrected chi connectivity index (χ1v) is 11.2. The van der Waals surface area contributed by atoms with Crippen molar-refractivity contribution < 1.29 is 24.3 Å². The van der Waals surface area contributed by atoms with Crippen molar-refractivity contribution in [3.63, 3.8) is 0 Å². The van der Waals surface area contributed by atoms with Crippen molar-refractivity contribution in [3.8, 4) is 17.2 Å². The average molecular weight is 427 g/mol. The summed E-state index contributed by atoms with van der Waals surface area (Å²) in [5, 5.41) is 10.1. The molecule has 2 aliphatic heterocycles. The van der Waals surface area contributed by atoms with Crippen LogP contribution in [0.1, 0.15) is 13.3 Å². The van der Waals surface area contributed by atoms with E-state index in [1.165, 1.54) is 4.90 Å². The second-order valence-corrected chi connectivity index (χ2v) is 8.24. The van der Waals surface area contributed by atoms with Gasteiger partial charge in [0.1, 0.15) is 12.4 Å². The Morgan fingerprint density at radius 2 is 1.84 bits per heavy atom. The van der Waals surface area contributed by atoms with E-state index in [9.17, 15) is 9.90 Å². The Morgan fingerprint density at radius 3 is 2.58 bits per heavy atom. The number of ether oxygens (including phenoxy) is 2. The number of aromatic hydroxyl groups is 1. The van der Waals surface area contributed by atoms with Crippen LogP contribution in [0, 0.1) is 0 Å². The molecule has 166 valence electrons. The zero-order chi connectivity index (χ0) is 21.6. The number of hydrogen-bond donors (Lipinski definition) is 2. The number of nitrogens with zero attached hydrogens (tertiary/aromatic N) is 2. The van der Waals surface area contributed by atoms with Gasteiger partial charge in [0, 0.05) is 6.54 Å². The number of benzene rings is 2. The van der Waals surface area contributed by atoms with Gasteiger partial charge in [0.05, 0.1) is 38.4 Å². The molecule has 31 heavy (non-hydrogen) atoms. The molecule has 0 aromatic heterocycles. The lowest BCUT2D eigenvalue weighted by Gasteiger charge is -2.35. The van der Waals surface area contributed by atoms with Crippen LogP contribution in [0.2, 0.25) is 0 Å². The molecule has 2 aromatic carbocycles. The summed E-state index contributed by atoms with van der Waals surface area (Å²) in [7, 11) is 0. The lowest BCUT2D eigenvalue weighted by atomic mass is 10.2. The molecule has 1 fully saturated rings. The quantitative estimate of drug-likeness (QED) is 0.696. The number of amides is 1. The standard InChI is InChI=1S/C24H31N3O4/c1-2-11-27(16-19-18-30-22-9-5-6-10-23(22)31-19)24(29)17-25-12-14-26(15-13-25)20-7-3-4-8-21(20)28/h3-10,19,28H,2,11-18H2,1H3/p+1/t19-/m1/s1. The van der Waals surface area contributed by atoms with Crippen LogP contribution < -0.4 is 19.3 Å². The normalized spacial score (nSPS) is 18.6. The number of phenolic OH excluding ortho intramolecular Hbond substituents is 1. The largest absolute Gasteiger partial charge is 0.506 e. The number of piperazine rings is 1. The number of fused-ring (bicyclic) bond motifs is 1. The molecule has 2 heterocycles. The lowest BCUT2D eigenvalue weighted by Crippen LogP contribution is -3.16. The van der Waals surface area contributed by atoms with Crippen LogP contribution in [0.25, 0.3) is 0 Å². The maximum Gasteiger partial charge on any atom is 0.277 e. The second-order valence-electron chi connectivity index (χ2n) is 8.24. The highest BCUT2D eigenvalue weighted by atomic mass is 16.6. The summed E-state index contributed by atoms with van der Waals surface area (Å²) < 4.78 is 11.9. The number of para-hydroxylation sites is 4. The molecule has 0 aliphatic carbocycles. The van der Waals surface area contributed by atoms with Crippen molar-refractivity contribution in [2.45, 2.75) is 19.4 Å². The van der Waals surface area contributed by atoms with E-state index >= 15 is 0 Å². The van der Waals surface area contributed by atoms with Crippen LogP contribution in [0.3, 0.4) is 0 Å². The van der Waals surface area contributed by atoms with E-state index in [-0.39, 0.29) is 12.0 Å². The average Bonchev–Trinajstić information content (AvgIpc) is 2.80. The highest BCUT2D eigenvalue weighted by Crippen LogP contribution is 2.31. The minimum absolute atomic E-state index is 0.154. The van der Waals surface area contributed by atoms with Crippen molar-refractivity contribution in [3.05, 3.63) is 48.5 Å². The molecule has 1 atom stereocenters. The van der Waals surface area contributed by atoms with E-state index < -0.39 is 0 Å². The van der Waals surface area contributed by atoms with E-state index in [4.69, 9.17) is 9.47 Å². The van der Waals surface area contributed by atoms with Crippen LogP contribution in [-0.2, 0) is 4.79 Å². The predicted octanol–water partition coefficient (Wildman–Crippen LogP) is 1.18. The minimum atomic E-state index is -0.154. The number of carbonyl (C=O) groups is 1. The maximum absolute atomic E-state index is 13.1. The second kappa shape index (κ2) is 9.92. The number of nitrogens with one attached hydrogen (secondary N) is 1. The van der Waals surface area contributed by atoms with E-state index in [1.54, 1.807) is 6.07 Å². The summed E-state index contributed by atoms with van der Waals surface area (Å²) in [5.41, 5.74) is 0.871. The lowest BCUT2D eigenvalue weighted by molar-refractivity contribution is -0.892. The number of carbonyl (C=O) groups excluding carboxylic acids is 1. The molecule has 0 saturated carbocycles. The molecule has 2 N–H and O–H groups in total. The van der Waals surface area contributed by atoms with Gasteiger partial charge in [0.2, 0.25) is 0 Å². The highest BCUT2D eigenvalue weighted by Gasteiger charge is 2.29. The Hall–Kier alpha value is -2.93. The fourth-order valence-electron chi connectivity index (χ4n) is 4.28. The minimum Gasteiger partial charge on any atom is -0.506 e. The molecule has 2 aliphatic rings. The molecule has 7 heteroatoms. The third kappa shape index (κ3) is 5.22. The molecule has 1 saturated heterocycles. The zero-order valence-electron chi connectivity index (χ0n) is 18.1. The van der Waals surface area contributed by atoms with Gasteiger partial charge in [0.25, 0.3) is 5.91 Å². The zero-order valence-corrected chi connectivity index (χ0v) is 18.1. The van der Waals surface area contributed by atoms with Gasteiger partial charge >= 0.3 is 0 Å². The Morgan fingerprint density at radius 1 is 1.13 bits per heavy atom. The van der Waals surface area contributed by atoms with Crippen molar-refractivity contribution in [2.75, 3.05) is 57.3 Å². The van der Waals surface area contributed by atoms with Gasteiger partial charge in [0.15, 0.2) is 24.1 Å². The molecule has 4 rings (SSSR count). The summed E-state index contributed by atoms with van der Waals surface area (Å²) in [5.74, 6) is 1.98. The molecule has 2 aromatic rings. The summed E-state index contributed by atoms with van der Waals surface area (Å²) >= 11 is 0. The summed E-state index contributed by atoms with van der Waals surface area (Å²) in [4.78, 5) is 18.5. The van der Waals surface area contributed by atoms with E-state index in [2.05, 4.69) is 11.8 Å². The van der Waals surface area contributed by atoms with E-state index in [0.717, 1.165) is 56.3 Å². The van der Waals surface area contributed by atoms with Gasteiger partial charge in [-0.1, -0.05) is 31.2 Å². The highest BCUT2D eigenvalue weighted by molar-refractivity contribution is 5.77. The fourth-order valence-corrected chi connectivity index (χ4v) is 4.28. The topological polar surface area (TPSA) is 66.7 Å². The van der Waals surface area contributed by atoms with E-state index in [0.29, 0.717) is 25.4 Å². The third-order valence-corrected chi connectivity index (χ3v) is 5.93. The van der Waals surface area contributed by atoms with Crippen molar-refractivity contribution in [2.24, 2.45) is 0 Å². The van der Waals surface area contributed by atoms with Crippen molar-refractivity contribution >= 4 is 11.6 Å². The molecule has 7 nitrogen and oxygen atoms in total. The molecule has 0 radical (unpaired) electrons. The predicted molar refractivity (Wildman–Crippen MR) is 119 cm³/mol. The van der Waals surface area contributed by atoms with Crippen LogP contribution in [0.5, 0.6) is 17.2 Å². The summed E-state index contributed by atoms with van der Waals surface area (Å²) in [6.45, 7) is 7.68. The van der Waals surface area contributed by atoms with Gasteiger partial charge in [-0.15, -0.1) is 0 Å². The van der Waals surface area contributed by atoms with Gasteiger partial charge in [-0.3, -0.25) is 4.79 Å². The number of phenols is 1. The SMILES string of the molecule is CCCN(C[C@@H]1COc2ccccc2O1)C(=O)C[NH+]1CCN(c2ccccc2O)CC1. The van der Waals surface area contributed by atoms with Gasteiger partial charge in [-0.25, -0.2) is 0 Å². The molecule has 0 unspecified atom stereocenters. The number of rotatable bonds is 7. The monoisotopic (exact) mass is 426 g/mol. The first kappa shape index (κ1) is 21.3. The maximum atomic E-state index is 13.1. The molecular formula is C24H32N3O4+. The Kier molecular flexibility index (Phi) is 6.82. The number of quaternary nitrogens is 1. The number of anilines is 1. The molecule has 0 spiro atoms. The smallest absolute Gasteiger partial charge is 0.277 e. The molecule has 0 bridgehead atoms. The molecular weight excluding hydrogens is 394 g/mol. The van der Waals surface area contributed by atoms with Crippen LogP contribution in [-0.4, -0.2) is 74.4 Å². The van der Waals surface area contributed by atoms with Crippen LogP contribution in [0.15, 0.2) is 48.5 Å². The number of hydrogen-bond acceptors (Lipinski definition) is 5.